The van der Waals surface area contributed by atoms with Crippen LogP contribution in [0, 0.1) is 5.82 Å². The Balaban J connectivity index is 2.89. The molecule has 1 N–H and O–H groups in total. The molecule has 9 heteroatoms. The number of alkyl halides is 3. The van der Waals surface area contributed by atoms with Gasteiger partial charge in [0.2, 0.25) is 0 Å². The molecule has 1 aromatic rings. The van der Waals surface area contributed by atoms with Crippen LogP contribution in [-0.4, -0.2) is 19.0 Å². The van der Waals surface area contributed by atoms with Crippen molar-refractivity contribution in [1.82, 2.24) is 5.32 Å². The van der Waals surface area contributed by atoms with Crippen molar-refractivity contribution in [2.45, 2.75) is 6.18 Å². The molecule has 0 aromatic heterocycles. The molecule has 0 aliphatic carbocycles. The highest BCUT2D eigenvalue weighted by Crippen LogP contribution is 2.32. The first-order valence-corrected chi connectivity index (χ1v) is 5.02. The third-order valence-electron chi connectivity index (χ3n) is 2.11. The van der Waals surface area contributed by atoms with Gasteiger partial charge in [0.15, 0.2) is 0 Å². The van der Waals surface area contributed by atoms with Crippen LogP contribution in [0.15, 0.2) is 23.3 Å². The number of hydrogen-bond acceptors (Lipinski definition) is 2. The molecule has 5 nitrogen and oxygen atoms in total. The van der Waals surface area contributed by atoms with Crippen molar-refractivity contribution < 1.29 is 22.4 Å². The minimum absolute atomic E-state index is 0.0805. The Bertz CT molecular complexity index is 523. The van der Waals surface area contributed by atoms with Crippen LogP contribution >= 0.6 is 0 Å². The molecule has 0 bridgehead atoms. The number of carbonyl (C=O) groups excluding carboxylic acids is 1. The van der Waals surface area contributed by atoms with Crippen molar-refractivity contribution in [3.05, 3.63) is 45.6 Å². The molecule has 0 radical (unpaired) electrons. The molecular weight excluding hydrogens is 268 g/mol. The first-order chi connectivity index (χ1) is 8.88. The number of nitrogens with zero attached hydrogens (tertiary/aromatic N) is 3. The van der Waals surface area contributed by atoms with Gasteiger partial charge >= 0.3 is 6.18 Å². The van der Waals surface area contributed by atoms with E-state index in [1.165, 1.54) is 0 Å². The molecule has 102 valence electrons. The maximum atomic E-state index is 13.5. The Labute approximate surface area is 104 Å². The lowest BCUT2D eigenvalue weighted by atomic mass is 10.1. The first kappa shape index (κ1) is 14.8. The van der Waals surface area contributed by atoms with E-state index in [-0.39, 0.29) is 13.1 Å². The smallest absolute Gasteiger partial charge is 0.352 e. The van der Waals surface area contributed by atoms with Crippen molar-refractivity contribution in [3.8, 4) is 0 Å². The highest BCUT2D eigenvalue weighted by atomic mass is 19.4. The second kappa shape index (κ2) is 6.05. The Kier molecular flexibility index (Phi) is 4.71. The lowest BCUT2D eigenvalue weighted by molar-refractivity contribution is -0.140. The summed E-state index contributed by atoms with van der Waals surface area (Å²) in [6, 6.07) is 2.42. The van der Waals surface area contributed by atoms with Crippen molar-refractivity contribution in [2.24, 2.45) is 5.11 Å². The highest BCUT2D eigenvalue weighted by molar-refractivity contribution is 5.94. The van der Waals surface area contributed by atoms with Crippen LogP contribution in [0.4, 0.5) is 17.6 Å². The van der Waals surface area contributed by atoms with E-state index < -0.39 is 29.0 Å². The SMILES string of the molecule is [N-]=[N+]=NCCNC(=O)c1cccc(C(F)(F)F)c1F. The molecule has 1 rings (SSSR count). The Morgan fingerprint density at radius 1 is 1.42 bits per heavy atom. The zero-order valence-electron chi connectivity index (χ0n) is 9.41. The van der Waals surface area contributed by atoms with Crippen LogP contribution in [0.3, 0.4) is 0 Å². The van der Waals surface area contributed by atoms with Gasteiger partial charge in [0, 0.05) is 18.0 Å². The normalized spacial score (nSPS) is 10.7. The average molecular weight is 276 g/mol. The summed E-state index contributed by atoms with van der Waals surface area (Å²) in [4.78, 5) is 13.9. The topological polar surface area (TPSA) is 77.9 Å². The summed E-state index contributed by atoms with van der Waals surface area (Å²) >= 11 is 0. The molecule has 19 heavy (non-hydrogen) atoms. The van der Waals surface area contributed by atoms with Gasteiger partial charge < -0.3 is 5.32 Å². The van der Waals surface area contributed by atoms with E-state index in [4.69, 9.17) is 5.53 Å². The standard InChI is InChI=1S/C10H8F4N4O/c11-8-6(9(19)16-4-5-17-18-15)2-1-3-7(8)10(12,13)14/h1-3H,4-5H2,(H,16,19). The van der Waals surface area contributed by atoms with Crippen LogP contribution in [0.25, 0.3) is 10.4 Å². The molecule has 0 fully saturated rings. The molecular formula is C10H8F4N4O. The monoisotopic (exact) mass is 276 g/mol. The molecule has 0 saturated heterocycles. The van der Waals surface area contributed by atoms with Gasteiger partial charge in [0.1, 0.15) is 5.82 Å². The van der Waals surface area contributed by atoms with Crippen LogP contribution < -0.4 is 5.32 Å². The van der Waals surface area contributed by atoms with Crippen molar-refractivity contribution >= 4 is 5.91 Å². The zero-order valence-corrected chi connectivity index (χ0v) is 9.41. The van der Waals surface area contributed by atoms with Gasteiger partial charge in [0.25, 0.3) is 5.91 Å². The number of hydrogen-bond donors (Lipinski definition) is 1. The van der Waals surface area contributed by atoms with Crippen LogP contribution in [-0.2, 0) is 6.18 Å². The number of azide groups is 1. The number of nitrogens with one attached hydrogen (secondary N) is 1. The third-order valence-corrected chi connectivity index (χ3v) is 2.11. The highest BCUT2D eigenvalue weighted by Gasteiger charge is 2.35. The first-order valence-electron chi connectivity index (χ1n) is 5.02. The molecule has 0 heterocycles. The summed E-state index contributed by atoms with van der Waals surface area (Å²) in [6.45, 7) is -0.179. The fraction of sp³-hybridized carbons (Fsp3) is 0.300. The van der Waals surface area contributed by atoms with E-state index in [1.54, 1.807) is 0 Å². The van der Waals surface area contributed by atoms with Gasteiger partial charge in [0.05, 0.1) is 11.1 Å². The molecule has 0 unspecified atom stereocenters. The average Bonchev–Trinajstić information content (AvgIpc) is 2.33. The molecule has 1 aromatic carbocycles. The third kappa shape index (κ3) is 3.85. The Hall–Kier alpha value is -2.28. The fourth-order valence-electron chi connectivity index (χ4n) is 1.29. The molecule has 0 atom stereocenters. The number of halogens is 4. The lowest BCUT2D eigenvalue weighted by Gasteiger charge is -2.10. The predicted molar refractivity (Wildman–Crippen MR) is 57.7 cm³/mol. The van der Waals surface area contributed by atoms with E-state index in [9.17, 15) is 22.4 Å². The van der Waals surface area contributed by atoms with Gasteiger partial charge in [-0.3, -0.25) is 4.79 Å². The van der Waals surface area contributed by atoms with E-state index >= 15 is 0 Å². The van der Waals surface area contributed by atoms with E-state index in [0.717, 1.165) is 12.1 Å². The molecule has 1 amide bonds. The van der Waals surface area contributed by atoms with E-state index in [0.29, 0.717) is 6.07 Å². The van der Waals surface area contributed by atoms with Gasteiger partial charge in [-0.05, 0) is 17.7 Å². The minimum Gasteiger partial charge on any atom is -0.352 e. The Morgan fingerprint density at radius 3 is 2.68 bits per heavy atom. The summed E-state index contributed by atoms with van der Waals surface area (Å²) < 4.78 is 50.8. The molecule has 0 aliphatic heterocycles. The van der Waals surface area contributed by atoms with E-state index in [1.807, 2.05) is 0 Å². The molecule has 0 saturated carbocycles. The number of rotatable bonds is 4. The van der Waals surface area contributed by atoms with Crippen LogP contribution in [0.5, 0.6) is 0 Å². The minimum atomic E-state index is -4.87. The lowest BCUT2D eigenvalue weighted by Crippen LogP contribution is -2.27. The van der Waals surface area contributed by atoms with Gasteiger partial charge in [-0.15, -0.1) is 0 Å². The van der Waals surface area contributed by atoms with Gasteiger partial charge in [-0.25, -0.2) is 4.39 Å². The summed E-state index contributed by atoms with van der Waals surface area (Å²) in [7, 11) is 0. The molecule has 0 spiro atoms. The van der Waals surface area contributed by atoms with Crippen LogP contribution in [0.1, 0.15) is 15.9 Å². The predicted octanol–water partition coefficient (Wildman–Crippen LogP) is 2.88. The van der Waals surface area contributed by atoms with Gasteiger partial charge in [-0.2, -0.15) is 13.2 Å². The maximum Gasteiger partial charge on any atom is 0.419 e. The van der Waals surface area contributed by atoms with Crippen molar-refractivity contribution in [1.29, 1.82) is 0 Å². The second-order valence-corrected chi connectivity index (χ2v) is 3.38. The zero-order chi connectivity index (χ0) is 14.5. The largest absolute Gasteiger partial charge is 0.419 e. The second-order valence-electron chi connectivity index (χ2n) is 3.38. The summed E-state index contributed by atoms with van der Waals surface area (Å²) in [5.74, 6) is -2.63. The Morgan fingerprint density at radius 2 is 2.11 bits per heavy atom. The number of amides is 1. The summed E-state index contributed by atoms with van der Waals surface area (Å²) in [5, 5.41) is 5.25. The maximum absolute atomic E-state index is 13.5. The summed E-state index contributed by atoms with van der Waals surface area (Å²) in [5.41, 5.74) is 5.76. The van der Waals surface area contributed by atoms with Gasteiger partial charge in [-0.1, -0.05) is 11.2 Å². The van der Waals surface area contributed by atoms with E-state index in [2.05, 4.69) is 15.3 Å². The quantitative estimate of drug-likeness (QED) is 0.296. The van der Waals surface area contributed by atoms with Crippen LogP contribution in [0.2, 0.25) is 0 Å². The number of carbonyl (C=O) groups is 1. The van der Waals surface area contributed by atoms with Crippen molar-refractivity contribution in [3.63, 3.8) is 0 Å². The number of benzene rings is 1. The fourth-order valence-corrected chi connectivity index (χ4v) is 1.29. The summed E-state index contributed by atoms with van der Waals surface area (Å²) in [6.07, 6.45) is -4.87. The molecule has 0 aliphatic rings. The van der Waals surface area contributed by atoms with Crippen molar-refractivity contribution in [2.75, 3.05) is 13.1 Å².